The predicted molar refractivity (Wildman–Crippen MR) is 131 cm³/mol. The molecule has 1 aromatic carbocycles. The average Bonchev–Trinajstić information content (AvgIpc) is 2.73. The number of benzene rings is 1. The number of unbranched alkanes of at least 4 members (excludes halogenated alkanes) is 5. The molecule has 1 aliphatic rings. The summed E-state index contributed by atoms with van der Waals surface area (Å²) in [4.78, 5) is 2.81. The maximum absolute atomic E-state index is 2.81. The van der Waals surface area contributed by atoms with Gasteiger partial charge >= 0.3 is 181 Å². The minimum atomic E-state index is -2.18. The van der Waals surface area contributed by atoms with Crippen LogP contribution >= 0.6 is 0 Å². The Morgan fingerprint density at radius 1 is 0.786 bits per heavy atom. The first-order valence-corrected chi connectivity index (χ1v) is 20.2. The molecule has 0 aliphatic carbocycles. The van der Waals surface area contributed by atoms with E-state index in [9.17, 15) is 0 Å². The third-order valence-corrected chi connectivity index (χ3v) is 24.8. The van der Waals surface area contributed by atoms with Crippen LogP contribution in [0.4, 0.5) is 5.69 Å². The van der Waals surface area contributed by atoms with Crippen molar-refractivity contribution in [2.75, 3.05) is 18.0 Å². The summed E-state index contributed by atoms with van der Waals surface area (Å²) in [6.07, 6.45) is 14.1. The molecule has 1 aromatic rings. The number of hydrogen-bond acceptors (Lipinski definition) is 1. The minimum absolute atomic E-state index is 1.04. The summed E-state index contributed by atoms with van der Waals surface area (Å²) in [6.45, 7) is 12.2. The van der Waals surface area contributed by atoms with Crippen LogP contribution in [0.2, 0.25) is 17.2 Å². The molecule has 2 rings (SSSR count). The Bertz CT molecular complexity index is 519. The van der Waals surface area contributed by atoms with Crippen LogP contribution < -0.4 is 4.90 Å². The number of anilines is 1. The van der Waals surface area contributed by atoms with E-state index in [1.807, 2.05) is 0 Å². The van der Waals surface area contributed by atoms with E-state index in [0.29, 0.717) is 0 Å². The van der Waals surface area contributed by atoms with Gasteiger partial charge in [-0.15, -0.1) is 0 Å². The Labute approximate surface area is 180 Å². The third-order valence-electron chi connectivity index (χ3n) is 7.22. The number of hydrogen-bond donors (Lipinski definition) is 0. The van der Waals surface area contributed by atoms with E-state index in [0.717, 1.165) is 3.93 Å². The van der Waals surface area contributed by atoms with Gasteiger partial charge in [0.2, 0.25) is 0 Å². The van der Waals surface area contributed by atoms with Crippen LogP contribution in [0.1, 0.15) is 91.0 Å². The van der Waals surface area contributed by atoms with E-state index in [1.165, 1.54) is 77.3 Å². The molecule has 0 saturated carbocycles. The van der Waals surface area contributed by atoms with Crippen LogP contribution in [-0.4, -0.2) is 31.5 Å². The van der Waals surface area contributed by atoms with E-state index in [4.69, 9.17) is 0 Å². The molecule has 0 radical (unpaired) electrons. The fourth-order valence-electron chi connectivity index (χ4n) is 5.43. The van der Waals surface area contributed by atoms with Crippen molar-refractivity contribution in [1.29, 1.82) is 0 Å². The van der Waals surface area contributed by atoms with E-state index in [2.05, 4.69) is 56.9 Å². The summed E-state index contributed by atoms with van der Waals surface area (Å²) in [5.41, 5.74) is 3.23. The standard InChI is InChI=1S/C14H20N.3C4H9.Sn/c1-2-3-6-11-15-12-7-9-13-8-4-5-10-14(13)15;3*1-3-4-2;/h4-5,7-8,10H,2-3,6,9,11-12H2,1H3;3*1,3-4H2,2H3;. The fraction of sp³-hybridized carbons (Fsp3) is 0.769. The van der Waals surface area contributed by atoms with Crippen LogP contribution in [0.5, 0.6) is 0 Å². The summed E-state index contributed by atoms with van der Waals surface area (Å²) in [5.74, 6) is 0. The van der Waals surface area contributed by atoms with Crippen molar-refractivity contribution in [3.05, 3.63) is 29.8 Å². The van der Waals surface area contributed by atoms with E-state index >= 15 is 0 Å². The molecule has 1 nitrogen and oxygen atoms in total. The normalized spacial score (nSPS) is 17.0. The predicted octanol–water partition coefficient (Wildman–Crippen LogP) is 8.46. The molecular formula is C26H47NSn. The SMILES string of the molecule is CCCCCN1C[CH]([Sn]([CH2]CCC)([CH2]CCC)[CH2]CCC)Cc2ccccc21. The van der Waals surface area contributed by atoms with Gasteiger partial charge in [0.05, 0.1) is 0 Å². The number of fused-ring (bicyclic) bond motifs is 1. The molecular weight excluding hydrogens is 445 g/mol. The molecule has 28 heavy (non-hydrogen) atoms. The molecule has 0 spiro atoms. The fourth-order valence-corrected chi connectivity index (χ4v) is 23.7. The van der Waals surface area contributed by atoms with E-state index < -0.39 is 18.4 Å². The van der Waals surface area contributed by atoms with Gasteiger partial charge in [0.15, 0.2) is 0 Å². The van der Waals surface area contributed by atoms with Crippen molar-refractivity contribution in [2.45, 2.75) is 109 Å². The number of nitrogens with zero attached hydrogens (tertiary/aromatic N) is 1. The molecule has 0 amide bonds. The first kappa shape index (κ1) is 24.1. The topological polar surface area (TPSA) is 3.24 Å². The summed E-state index contributed by atoms with van der Waals surface area (Å²) in [5, 5.41) is 0. The van der Waals surface area contributed by atoms with Gasteiger partial charge in [-0.25, -0.2) is 0 Å². The Morgan fingerprint density at radius 3 is 1.93 bits per heavy atom. The average molecular weight is 492 g/mol. The van der Waals surface area contributed by atoms with Gasteiger partial charge in [-0.3, -0.25) is 0 Å². The van der Waals surface area contributed by atoms with Gasteiger partial charge in [-0.05, 0) is 0 Å². The molecule has 0 bridgehead atoms. The van der Waals surface area contributed by atoms with Gasteiger partial charge in [-0.1, -0.05) is 0 Å². The second kappa shape index (κ2) is 13.2. The Kier molecular flexibility index (Phi) is 11.3. The van der Waals surface area contributed by atoms with Gasteiger partial charge in [0, 0.05) is 0 Å². The molecule has 0 aromatic heterocycles. The van der Waals surface area contributed by atoms with Gasteiger partial charge in [0.25, 0.3) is 0 Å². The number of para-hydroxylation sites is 1. The zero-order valence-electron chi connectivity index (χ0n) is 19.4. The third kappa shape index (κ3) is 6.67. The molecule has 0 saturated heterocycles. The first-order valence-electron chi connectivity index (χ1n) is 12.5. The molecule has 2 heteroatoms. The molecule has 160 valence electrons. The van der Waals surface area contributed by atoms with Crippen molar-refractivity contribution in [3.8, 4) is 0 Å². The summed E-state index contributed by atoms with van der Waals surface area (Å²) < 4.78 is 6.00. The number of rotatable bonds is 14. The molecule has 1 atom stereocenters. The zero-order chi connectivity index (χ0) is 20.2. The monoisotopic (exact) mass is 493 g/mol. The van der Waals surface area contributed by atoms with Crippen LogP contribution in [0.15, 0.2) is 24.3 Å². The summed E-state index contributed by atoms with van der Waals surface area (Å²) in [6, 6.07) is 9.39. The molecule has 1 unspecified atom stereocenters. The van der Waals surface area contributed by atoms with E-state index in [-0.39, 0.29) is 0 Å². The molecule has 0 fully saturated rings. The van der Waals surface area contributed by atoms with Gasteiger partial charge < -0.3 is 0 Å². The summed E-state index contributed by atoms with van der Waals surface area (Å²) in [7, 11) is 0. The second-order valence-electron chi connectivity index (χ2n) is 9.36. The Morgan fingerprint density at radius 2 is 1.36 bits per heavy atom. The van der Waals surface area contributed by atoms with Crippen molar-refractivity contribution < 1.29 is 0 Å². The van der Waals surface area contributed by atoms with Gasteiger partial charge in [0.1, 0.15) is 0 Å². The van der Waals surface area contributed by atoms with Crippen LogP contribution in [0.25, 0.3) is 0 Å². The maximum atomic E-state index is 2.81. The molecule has 1 aliphatic heterocycles. The van der Waals surface area contributed by atoms with Crippen LogP contribution in [0.3, 0.4) is 0 Å². The van der Waals surface area contributed by atoms with Crippen molar-refractivity contribution in [2.24, 2.45) is 0 Å². The molecule has 1 heterocycles. The van der Waals surface area contributed by atoms with Crippen LogP contribution in [-0.2, 0) is 6.42 Å². The molecule has 0 N–H and O–H groups in total. The Hall–Kier alpha value is -0.181. The van der Waals surface area contributed by atoms with Crippen molar-refractivity contribution in [3.63, 3.8) is 0 Å². The Balaban J connectivity index is 2.29. The second-order valence-corrected chi connectivity index (χ2v) is 23.7. The quantitative estimate of drug-likeness (QED) is 0.186. The van der Waals surface area contributed by atoms with Gasteiger partial charge in [-0.2, -0.15) is 0 Å². The van der Waals surface area contributed by atoms with Crippen molar-refractivity contribution in [1.82, 2.24) is 0 Å². The van der Waals surface area contributed by atoms with E-state index in [1.54, 1.807) is 24.6 Å². The summed E-state index contributed by atoms with van der Waals surface area (Å²) >= 11 is -2.18. The van der Waals surface area contributed by atoms with Crippen molar-refractivity contribution >= 4 is 24.1 Å². The first-order chi connectivity index (χ1) is 13.7. The zero-order valence-corrected chi connectivity index (χ0v) is 22.3. The van der Waals surface area contributed by atoms with Crippen LogP contribution in [0, 0.1) is 0 Å².